The lowest BCUT2D eigenvalue weighted by molar-refractivity contribution is -0.117. The summed E-state index contributed by atoms with van der Waals surface area (Å²) in [4.78, 5) is 19.4. The quantitative estimate of drug-likeness (QED) is 0.721. The van der Waals surface area contributed by atoms with Crippen molar-refractivity contribution in [3.63, 3.8) is 0 Å². The van der Waals surface area contributed by atoms with Crippen LogP contribution in [-0.2, 0) is 4.79 Å². The van der Waals surface area contributed by atoms with Gasteiger partial charge < -0.3 is 5.32 Å². The molecule has 0 bridgehead atoms. The summed E-state index contributed by atoms with van der Waals surface area (Å²) in [6, 6.07) is 15.7. The molecule has 1 aliphatic rings. The van der Waals surface area contributed by atoms with Crippen molar-refractivity contribution in [2.24, 2.45) is 0 Å². The average molecular weight is 372 g/mol. The fourth-order valence-corrected chi connectivity index (χ4v) is 4.58. The van der Waals surface area contributed by atoms with Crippen LogP contribution in [-0.4, -0.2) is 28.9 Å². The highest BCUT2D eigenvalue weighted by Gasteiger charge is 2.30. The van der Waals surface area contributed by atoms with Crippen molar-refractivity contribution in [1.82, 2.24) is 9.88 Å². The van der Waals surface area contributed by atoms with Crippen LogP contribution in [0, 0.1) is 0 Å². The fourth-order valence-electron chi connectivity index (χ4n) is 3.26. The number of carbonyl (C=O) groups is 1. The standard InChI is InChI=1S/C19H18ClN3OS/c20-13-6-1-2-7-14(13)21-18(24)12-23-11-5-9-16(23)19-22-15-8-3-4-10-17(15)25-19/h1-4,6-8,10,16H,5,9,11-12H2,(H,21,24). The molecule has 2 aromatic carbocycles. The summed E-state index contributed by atoms with van der Waals surface area (Å²) < 4.78 is 1.20. The first-order valence-electron chi connectivity index (χ1n) is 8.34. The van der Waals surface area contributed by atoms with E-state index in [1.54, 1.807) is 17.4 Å². The van der Waals surface area contributed by atoms with Crippen molar-refractivity contribution in [2.45, 2.75) is 18.9 Å². The fraction of sp³-hybridized carbons (Fsp3) is 0.263. The first-order chi connectivity index (χ1) is 12.2. The van der Waals surface area contributed by atoms with Crippen LogP contribution in [0.1, 0.15) is 23.9 Å². The maximum Gasteiger partial charge on any atom is 0.238 e. The number of anilines is 1. The van der Waals surface area contributed by atoms with Gasteiger partial charge in [0, 0.05) is 0 Å². The maximum atomic E-state index is 12.4. The Morgan fingerprint density at radius 1 is 1.24 bits per heavy atom. The number of nitrogens with zero attached hydrogens (tertiary/aromatic N) is 2. The largest absolute Gasteiger partial charge is 0.324 e. The molecule has 1 unspecified atom stereocenters. The number of carbonyl (C=O) groups excluding carboxylic acids is 1. The lowest BCUT2D eigenvalue weighted by atomic mass is 10.2. The summed E-state index contributed by atoms with van der Waals surface area (Å²) >= 11 is 7.84. The van der Waals surface area contributed by atoms with Crippen molar-refractivity contribution in [3.8, 4) is 0 Å². The first-order valence-corrected chi connectivity index (χ1v) is 9.54. The van der Waals surface area contributed by atoms with E-state index >= 15 is 0 Å². The van der Waals surface area contributed by atoms with Gasteiger partial charge in [0.1, 0.15) is 5.01 Å². The van der Waals surface area contributed by atoms with Gasteiger partial charge in [0.15, 0.2) is 0 Å². The molecule has 4 rings (SSSR count). The lowest BCUT2D eigenvalue weighted by Crippen LogP contribution is -2.32. The molecule has 1 N–H and O–H groups in total. The van der Waals surface area contributed by atoms with E-state index in [-0.39, 0.29) is 11.9 Å². The van der Waals surface area contributed by atoms with Crippen LogP contribution >= 0.6 is 22.9 Å². The smallest absolute Gasteiger partial charge is 0.238 e. The van der Waals surface area contributed by atoms with E-state index in [0.717, 1.165) is 29.9 Å². The third kappa shape index (κ3) is 3.54. The van der Waals surface area contributed by atoms with Gasteiger partial charge in [0.05, 0.1) is 33.5 Å². The van der Waals surface area contributed by atoms with Crippen LogP contribution in [0.5, 0.6) is 0 Å². The average Bonchev–Trinajstić information content (AvgIpc) is 3.23. The maximum absolute atomic E-state index is 12.4. The molecule has 25 heavy (non-hydrogen) atoms. The third-order valence-electron chi connectivity index (χ3n) is 4.45. The molecule has 3 aromatic rings. The topological polar surface area (TPSA) is 45.2 Å². The molecule has 1 aromatic heterocycles. The van der Waals surface area contributed by atoms with Gasteiger partial charge in [-0.25, -0.2) is 4.98 Å². The number of nitrogens with one attached hydrogen (secondary N) is 1. The Morgan fingerprint density at radius 3 is 2.88 bits per heavy atom. The molecule has 1 amide bonds. The van der Waals surface area contributed by atoms with Crippen LogP contribution in [0.2, 0.25) is 5.02 Å². The van der Waals surface area contributed by atoms with Crippen molar-refractivity contribution in [2.75, 3.05) is 18.4 Å². The summed E-state index contributed by atoms with van der Waals surface area (Å²) in [5, 5.41) is 4.56. The van der Waals surface area contributed by atoms with E-state index in [9.17, 15) is 4.79 Å². The van der Waals surface area contributed by atoms with E-state index in [0.29, 0.717) is 17.3 Å². The van der Waals surface area contributed by atoms with Gasteiger partial charge >= 0.3 is 0 Å². The normalized spacial score (nSPS) is 17.9. The van der Waals surface area contributed by atoms with Gasteiger partial charge in [-0.15, -0.1) is 11.3 Å². The van der Waals surface area contributed by atoms with Crippen LogP contribution in [0.25, 0.3) is 10.2 Å². The third-order valence-corrected chi connectivity index (χ3v) is 5.92. The molecule has 0 spiro atoms. The van der Waals surface area contributed by atoms with E-state index in [1.165, 1.54) is 4.70 Å². The highest BCUT2D eigenvalue weighted by atomic mass is 35.5. The minimum Gasteiger partial charge on any atom is -0.324 e. The van der Waals surface area contributed by atoms with E-state index < -0.39 is 0 Å². The second kappa shape index (κ2) is 7.12. The zero-order valence-electron chi connectivity index (χ0n) is 13.6. The van der Waals surface area contributed by atoms with Gasteiger partial charge in [-0.1, -0.05) is 35.9 Å². The van der Waals surface area contributed by atoms with E-state index in [4.69, 9.17) is 16.6 Å². The molecule has 0 aliphatic carbocycles. The Balaban J connectivity index is 1.48. The van der Waals surface area contributed by atoms with Crippen molar-refractivity contribution >= 4 is 44.7 Å². The second-order valence-corrected chi connectivity index (χ2v) is 7.65. The first kappa shape index (κ1) is 16.5. The highest BCUT2D eigenvalue weighted by molar-refractivity contribution is 7.18. The molecule has 4 nitrogen and oxygen atoms in total. The van der Waals surface area contributed by atoms with Crippen molar-refractivity contribution in [1.29, 1.82) is 0 Å². The zero-order chi connectivity index (χ0) is 17.2. The van der Waals surface area contributed by atoms with E-state index in [1.807, 2.05) is 36.4 Å². The number of rotatable bonds is 4. The number of hydrogen-bond acceptors (Lipinski definition) is 4. The summed E-state index contributed by atoms with van der Waals surface area (Å²) in [7, 11) is 0. The number of likely N-dealkylation sites (tertiary alicyclic amines) is 1. The molecule has 0 radical (unpaired) electrons. The molecule has 1 aliphatic heterocycles. The number of para-hydroxylation sites is 2. The number of thiazole rings is 1. The molecule has 2 heterocycles. The Hall–Kier alpha value is -1.95. The Kier molecular flexibility index (Phi) is 4.70. The molecule has 1 saturated heterocycles. The van der Waals surface area contributed by atoms with Crippen molar-refractivity contribution < 1.29 is 4.79 Å². The number of hydrogen-bond donors (Lipinski definition) is 1. The van der Waals surface area contributed by atoms with Gasteiger partial charge in [-0.05, 0) is 43.7 Å². The zero-order valence-corrected chi connectivity index (χ0v) is 15.2. The molecule has 1 atom stereocenters. The molecule has 128 valence electrons. The Bertz CT molecular complexity index is 877. The summed E-state index contributed by atoms with van der Waals surface area (Å²) in [5.41, 5.74) is 1.69. The van der Waals surface area contributed by atoms with E-state index in [2.05, 4.69) is 16.3 Å². The van der Waals surface area contributed by atoms with Gasteiger partial charge in [-0.3, -0.25) is 9.69 Å². The van der Waals surface area contributed by atoms with Crippen LogP contribution < -0.4 is 5.32 Å². The predicted molar refractivity (Wildman–Crippen MR) is 103 cm³/mol. The summed E-state index contributed by atoms with van der Waals surface area (Å²) in [6.45, 7) is 1.27. The highest BCUT2D eigenvalue weighted by Crippen LogP contribution is 2.36. The number of amides is 1. The lowest BCUT2D eigenvalue weighted by Gasteiger charge is -2.22. The molecule has 1 fully saturated rings. The molecular formula is C19H18ClN3OS. The summed E-state index contributed by atoms with van der Waals surface area (Å²) in [6.07, 6.45) is 2.12. The Morgan fingerprint density at radius 2 is 2.04 bits per heavy atom. The minimum atomic E-state index is -0.0406. The van der Waals surface area contributed by atoms with Crippen molar-refractivity contribution in [3.05, 3.63) is 58.6 Å². The number of halogens is 1. The number of aromatic nitrogens is 1. The number of fused-ring (bicyclic) bond motifs is 1. The van der Waals surface area contributed by atoms with Crippen LogP contribution in [0.3, 0.4) is 0 Å². The Labute approximate surface area is 155 Å². The monoisotopic (exact) mass is 371 g/mol. The second-order valence-electron chi connectivity index (χ2n) is 6.18. The number of benzene rings is 2. The van der Waals surface area contributed by atoms with Crippen LogP contribution in [0.4, 0.5) is 5.69 Å². The molecular weight excluding hydrogens is 354 g/mol. The predicted octanol–water partition coefficient (Wildman–Crippen LogP) is 4.73. The SMILES string of the molecule is O=C(CN1CCCC1c1nc2ccccc2s1)Nc1ccccc1Cl. The molecule has 0 saturated carbocycles. The van der Waals surface area contributed by atoms with Gasteiger partial charge in [0.2, 0.25) is 5.91 Å². The van der Waals surface area contributed by atoms with Gasteiger partial charge in [0.25, 0.3) is 0 Å². The van der Waals surface area contributed by atoms with Crippen LogP contribution in [0.15, 0.2) is 48.5 Å². The molecule has 6 heteroatoms. The van der Waals surface area contributed by atoms with Gasteiger partial charge in [-0.2, -0.15) is 0 Å². The summed E-state index contributed by atoms with van der Waals surface area (Å²) in [5.74, 6) is -0.0406. The minimum absolute atomic E-state index is 0.0406.